The van der Waals surface area contributed by atoms with Crippen LogP contribution in [0.3, 0.4) is 0 Å². The van der Waals surface area contributed by atoms with Crippen LogP contribution >= 0.6 is 11.8 Å². The number of benzene rings is 2. The monoisotopic (exact) mass is 530 g/mol. The number of ether oxygens (including phenoxy) is 4. The summed E-state index contributed by atoms with van der Waals surface area (Å²) in [6.45, 7) is 5.63. The summed E-state index contributed by atoms with van der Waals surface area (Å²) in [7, 11) is 3.27. The summed E-state index contributed by atoms with van der Waals surface area (Å²) in [6.07, 6.45) is 1.56. The molecule has 202 valence electrons. The maximum Gasteiger partial charge on any atom is 0.321 e. The highest BCUT2D eigenvalue weighted by Crippen LogP contribution is 2.35. The van der Waals surface area contributed by atoms with E-state index in [0.717, 1.165) is 74.9 Å². The lowest BCUT2D eigenvalue weighted by Crippen LogP contribution is -2.49. The van der Waals surface area contributed by atoms with Gasteiger partial charge in [0.05, 0.1) is 27.4 Å². The normalized spacial score (nSPS) is 19.8. The molecule has 0 spiro atoms. The second-order valence-electron chi connectivity index (χ2n) is 9.29. The average molecular weight is 531 g/mol. The van der Waals surface area contributed by atoms with E-state index in [4.69, 9.17) is 18.9 Å². The Hall–Kier alpha value is -2.46. The molecule has 4 rings (SSSR count). The molecule has 0 amide bonds. The minimum Gasteiger partial charge on any atom is -0.493 e. The Bertz CT molecular complexity index is 1020. The van der Waals surface area contributed by atoms with Gasteiger partial charge in [0.1, 0.15) is 18.4 Å². The quantitative estimate of drug-likeness (QED) is 0.443. The van der Waals surface area contributed by atoms with Crippen molar-refractivity contribution < 1.29 is 28.8 Å². The minimum atomic E-state index is -0.763. The summed E-state index contributed by atoms with van der Waals surface area (Å²) in [5.41, 5.74) is 2.21. The fourth-order valence-corrected chi connectivity index (χ4v) is 6.06. The lowest BCUT2D eigenvalue weighted by molar-refractivity contribution is -0.143. The molecule has 0 saturated carbocycles. The third-order valence-electron chi connectivity index (χ3n) is 7.03. The number of morpholine rings is 1. The highest BCUT2D eigenvalue weighted by atomic mass is 32.2. The predicted octanol–water partition coefficient (Wildman–Crippen LogP) is 3.59. The van der Waals surface area contributed by atoms with Gasteiger partial charge in [-0.05, 0) is 48.2 Å². The van der Waals surface area contributed by atoms with Gasteiger partial charge < -0.3 is 24.1 Å². The number of thioether (sulfide) groups is 1. The first-order chi connectivity index (χ1) is 18.1. The van der Waals surface area contributed by atoms with E-state index in [1.165, 1.54) is 0 Å². The molecule has 1 N–H and O–H groups in total. The number of carboxylic acid groups (broad SMARTS) is 1. The van der Waals surface area contributed by atoms with Gasteiger partial charge in [0.25, 0.3) is 0 Å². The molecule has 0 aromatic heterocycles. The third kappa shape index (κ3) is 7.54. The van der Waals surface area contributed by atoms with E-state index < -0.39 is 12.0 Å². The van der Waals surface area contributed by atoms with Gasteiger partial charge in [0.15, 0.2) is 11.5 Å². The Labute approximate surface area is 223 Å². The number of aliphatic carboxylic acids is 1. The van der Waals surface area contributed by atoms with Gasteiger partial charge >= 0.3 is 5.97 Å². The molecular weight excluding hydrogens is 492 g/mol. The summed E-state index contributed by atoms with van der Waals surface area (Å²) >= 11 is 1.71. The van der Waals surface area contributed by atoms with Crippen molar-refractivity contribution in [3.63, 3.8) is 0 Å². The van der Waals surface area contributed by atoms with Crippen molar-refractivity contribution in [1.29, 1.82) is 0 Å². The van der Waals surface area contributed by atoms with E-state index in [9.17, 15) is 9.90 Å². The summed E-state index contributed by atoms with van der Waals surface area (Å²) in [6, 6.07) is 13.6. The predicted molar refractivity (Wildman–Crippen MR) is 145 cm³/mol. The number of nitrogens with zero attached hydrogens (tertiary/aromatic N) is 2. The van der Waals surface area contributed by atoms with E-state index in [-0.39, 0.29) is 6.04 Å². The van der Waals surface area contributed by atoms with Gasteiger partial charge in [-0.1, -0.05) is 18.2 Å². The summed E-state index contributed by atoms with van der Waals surface area (Å²) in [5, 5.41) is 9.99. The van der Waals surface area contributed by atoms with E-state index in [1.807, 2.05) is 30.3 Å². The standard InChI is InChI=1S/C28H38N2O6S/c1-33-26-9-7-21(18-27(26)34-2)6-8-24(30-13-17-37-20-25(30)28(31)32)22-4-3-5-23(19-22)36-16-12-29-10-14-35-15-11-29/h3-5,7,9,18-19,24-25H,6,8,10-17,20H2,1-2H3,(H,31,32)/t24-,25+/m1/s1. The molecule has 0 aliphatic carbocycles. The Morgan fingerprint density at radius 2 is 1.92 bits per heavy atom. The number of hydrogen-bond acceptors (Lipinski definition) is 8. The van der Waals surface area contributed by atoms with Crippen molar-refractivity contribution in [3.8, 4) is 17.2 Å². The zero-order valence-corrected chi connectivity index (χ0v) is 22.6. The van der Waals surface area contributed by atoms with Gasteiger partial charge in [-0.3, -0.25) is 14.6 Å². The molecule has 2 heterocycles. The Kier molecular flexibility index (Phi) is 10.4. The average Bonchev–Trinajstić information content (AvgIpc) is 2.94. The van der Waals surface area contributed by atoms with Gasteiger partial charge in [-0.15, -0.1) is 0 Å². The Morgan fingerprint density at radius 1 is 1.11 bits per heavy atom. The van der Waals surface area contributed by atoms with Gasteiger partial charge in [0.2, 0.25) is 0 Å². The lowest BCUT2D eigenvalue weighted by Gasteiger charge is -2.39. The molecule has 2 atom stereocenters. The Balaban J connectivity index is 1.51. The lowest BCUT2D eigenvalue weighted by atomic mass is 9.95. The number of rotatable bonds is 12. The van der Waals surface area contributed by atoms with Crippen LogP contribution in [0.25, 0.3) is 0 Å². The van der Waals surface area contributed by atoms with Crippen molar-refractivity contribution >= 4 is 17.7 Å². The second-order valence-corrected chi connectivity index (χ2v) is 10.4. The second kappa shape index (κ2) is 13.9. The minimum absolute atomic E-state index is 0.0436. The van der Waals surface area contributed by atoms with E-state index in [0.29, 0.717) is 23.9 Å². The first-order valence-corrected chi connectivity index (χ1v) is 14.0. The molecular formula is C28H38N2O6S. The largest absolute Gasteiger partial charge is 0.493 e. The number of hydrogen-bond donors (Lipinski definition) is 1. The smallest absolute Gasteiger partial charge is 0.321 e. The molecule has 2 saturated heterocycles. The van der Waals surface area contributed by atoms with Crippen LogP contribution in [0.5, 0.6) is 17.2 Å². The number of methoxy groups -OCH3 is 2. The molecule has 2 aromatic rings. The molecule has 37 heavy (non-hydrogen) atoms. The topological polar surface area (TPSA) is 80.7 Å². The number of aryl methyl sites for hydroxylation is 1. The van der Waals surface area contributed by atoms with E-state index in [1.54, 1.807) is 26.0 Å². The molecule has 2 aromatic carbocycles. The molecule has 0 unspecified atom stereocenters. The van der Waals surface area contributed by atoms with Crippen LogP contribution in [-0.4, -0.2) is 98.6 Å². The SMILES string of the molecule is COc1ccc(CC[C@H](c2cccc(OCCN3CCOCC3)c2)N2CCSC[C@H]2C(=O)O)cc1OC. The molecule has 0 bridgehead atoms. The highest BCUT2D eigenvalue weighted by Gasteiger charge is 2.34. The summed E-state index contributed by atoms with van der Waals surface area (Å²) in [4.78, 5) is 16.7. The first kappa shape index (κ1) is 27.6. The van der Waals surface area contributed by atoms with Crippen LogP contribution in [0.2, 0.25) is 0 Å². The van der Waals surface area contributed by atoms with Crippen molar-refractivity contribution in [2.45, 2.75) is 24.9 Å². The highest BCUT2D eigenvalue weighted by molar-refractivity contribution is 7.99. The molecule has 2 fully saturated rings. The van der Waals surface area contributed by atoms with Crippen molar-refractivity contribution in [2.75, 3.05) is 71.7 Å². The Morgan fingerprint density at radius 3 is 2.68 bits per heavy atom. The zero-order chi connectivity index (χ0) is 26.0. The zero-order valence-electron chi connectivity index (χ0n) is 21.8. The van der Waals surface area contributed by atoms with E-state index in [2.05, 4.69) is 21.9 Å². The molecule has 8 nitrogen and oxygen atoms in total. The fourth-order valence-electron chi connectivity index (χ4n) is 5.00. The summed E-state index contributed by atoms with van der Waals surface area (Å²) < 4.78 is 22.4. The van der Waals surface area contributed by atoms with Crippen LogP contribution < -0.4 is 14.2 Å². The van der Waals surface area contributed by atoms with Crippen molar-refractivity contribution in [1.82, 2.24) is 9.80 Å². The summed E-state index contributed by atoms with van der Waals surface area (Å²) in [5.74, 6) is 2.97. The molecule has 2 aliphatic heterocycles. The maximum atomic E-state index is 12.2. The molecule has 0 radical (unpaired) electrons. The van der Waals surface area contributed by atoms with Crippen LogP contribution in [0.1, 0.15) is 23.6 Å². The fraction of sp³-hybridized carbons (Fsp3) is 0.536. The number of carbonyl (C=O) groups is 1. The van der Waals surface area contributed by atoms with Gasteiger partial charge in [-0.2, -0.15) is 11.8 Å². The van der Waals surface area contributed by atoms with E-state index >= 15 is 0 Å². The third-order valence-corrected chi connectivity index (χ3v) is 8.06. The van der Waals surface area contributed by atoms with Crippen LogP contribution in [0.4, 0.5) is 0 Å². The van der Waals surface area contributed by atoms with Gasteiger partial charge in [-0.25, -0.2) is 0 Å². The molecule has 9 heteroatoms. The van der Waals surface area contributed by atoms with Crippen molar-refractivity contribution in [3.05, 3.63) is 53.6 Å². The van der Waals surface area contributed by atoms with Crippen LogP contribution in [0.15, 0.2) is 42.5 Å². The van der Waals surface area contributed by atoms with Crippen LogP contribution in [-0.2, 0) is 16.0 Å². The maximum absolute atomic E-state index is 12.2. The first-order valence-electron chi connectivity index (χ1n) is 12.9. The van der Waals surface area contributed by atoms with Gasteiger partial charge in [0, 0.05) is 43.7 Å². The van der Waals surface area contributed by atoms with Crippen LogP contribution in [0, 0.1) is 0 Å². The molecule has 2 aliphatic rings. The van der Waals surface area contributed by atoms with Crippen molar-refractivity contribution in [2.24, 2.45) is 0 Å². The number of carboxylic acids is 1.